The van der Waals surface area contributed by atoms with E-state index >= 15 is 0 Å². The first-order valence-electron chi connectivity index (χ1n) is 8.80. The fraction of sp³-hybridized carbons (Fsp3) is 0.400. The lowest BCUT2D eigenvalue weighted by molar-refractivity contribution is -0.121. The molecule has 0 fully saturated rings. The molecule has 3 N–H and O–H groups in total. The predicted molar refractivity (Wildman–Crippen MR) is 125 cm³/mol. The van der Waals surface area contributed by atoms with Crippen LogP contribution in [0.4, 0.5) is 0 Å². The van der Waals surface area contributed by atoms with Crippen LogP contribution in [0.25, 0.3) is 0 Å². The van der Waals surface area contributed by atoms with Crippen molar-refractivity contribution in [3.8, 4) is 0 Å². The number of carbonyl (C=O) groups is 1. The number of rotatable bonds is 8. The number of nitrogens with zero attached hydrogens (tertiary/aromatic N) is 1. The van der Waals surface area contributed by atoms with Gasteiger partial charge in [0.2, 0.25) is 5.91 Å². The SMILES string of the molecule is CN=C(NCCC(=O)NCc1ccccc1)NCC(C)(C)c1cccs1.I. The molecule has 0 saturated carbocycles. The van der Waals surface area contributed by atoms with Crippen LogP contribution in [-0.4, -0.2) is 32.0 Å². The van der Waals surface area contributed by atoms with Crippen molar-refractivity contribution in [3.05, 3.63) is 58.3 Å². The van der Waals surface area contributed by atoms with E-state index in [4.69, 9.17) is 0 Å². The van der Waals surface area contributed by atoms with Gasteiger partial charge in [0.05, 0.1) is 0 Å². The first-order valence-corrected chi connectivity index (χ1v) is 9.68. The summed E-state index contributed by atoms with van der Waals surface area (Å²) in [5.74, 6) is 0.737. The third kappa shape index (κ3) is 8.30. The van der Waals surface area contributed by atoms with E-state index in [9.17, 15) is 4.79 Å². The molecule has 1 aromatic carbocycles. The van der Waals surface area contributed by atoms with E-state index in [1.165, 1.54) is 4.88 Å². The van der Waals surface area contributed by atoms with Gasteiger partial charge in [0.15, 0.2) is 5.96 Å². The van der Waals surface area contributed by atoms with E-state index in [-0.39, 0.29) is 35.3 Å². The molecule has 0 radical (unpaired) electrons. The van der Waals surface area contributed by atoms with Gasteiger partial charge in [-0.05, 0) is 17.0 Å². The number of guanidine groups is 1. The van der Waals surface area contributed by atoms with Crippen LogP contribution in [0.2, 0.25) is 0 Å². The highest BCUT2D eigenvalue weighted by Gasteiger charge is 2.21. The van der Waals surface area contributed by atoms with Crippen molar-refractivity contribution in [2.75, 3.05) is 20.1 Å². The second-order valence-electron chi connectivity index (χ2n) is 6.73. The fourth-order valence-corrected chi connectivity index (χ4v) is 3.31. The maximum Gasteiger partial charge on any atom is 0.222 e. The Balaban J connectivity index is 0.00000364. The maximum absolute atomic E-state index is 11.9. The Morgan fingerprint density at radius 1 is 1.07 bits per heavy atom. The monoisotopic (exact) mass is 500 g/mol. The summed E-state index contributed by atoms with van der Waals surface area (Å²) < 4.78 is 0. The van der Waals surface area contributed by atoms with Gasteiger partial charge in [0.25, 0.3) is 0 Å². The Morgan fingerprint density at radius 2 is 1.81 bits per heavy atom. The number of aliphatic imine (C=N–C) groups is 1. The summed E-state index contributed by atoms with van der Waals surface area (Å²) in [5.41, 5.74) is 1.13. The molecule has 5 nitrogen and oxygen atoms in total. The molecule has 7 heteroatoms. The molecule has 0 saturated heterocycles. The van der Waals surface area contributed by atoms with Crippen molar-refractivity contribution >= 4 is 47.2 Å². The van der Waals surface area contributed by atoms with E-state index in [0.717, 1.165) is 12.1 Å². The van der Waals surface area contributed by atoms with E-state index in [2.05, 4.69) is 52.3 Å². The van der Waals surface area contributed by atoms with Crippen molar-refractivity contribution in [2.24, 2.45) is 4.99 Å². The highest BCUT2D eigenvalue weighted by Crippen LogP contribution is 2.26. The Labute approximate surface area is 183 Å². The summed E-state index contributed by atoms with van der Waals surface area (Å²) in [6.07, 6.45) is 0.405. The van der Waals surface area contributed by atoms with Gasteiger partial charge in [-0.3, -0.25) is 9.79 Å². The number of hydrogen-bond donors (Lipinski definition) is 3. The van der Waals surface area contributed by atoms with Crippen LogP contribution in [0.15, 0.2) is 52.8 Å². The highest BCUT2D eigenvalue weighted by atomic mass is 127. The third-order valence-corrected chi connectivity index (χ3v) is 5.32. The standard InChI is InChI=1S/C20H28N4OS.HI/c1-20(2,17-10-7-13-26-17)15-24-19(21-3)22-12-11-18(25)23-14-16-8-5-4-6-9-16;/h4-10,13H,11-12,14-15H2,1-3H3,(H,23,25)(H2,21,22,24);1H. The summed E-state index contributed by atoms with van der Waals surface area (Å²) in [4.78, 5) is 17.5. The molecule has 1 heterocycles. The zero-order chi connectivity index (χ0) is 18.8. The summed E-state index contributed by atoms with van der Waals surface area (Å²) in [6.45, 7) is 6.28. The second-order valence-corrected chi connectivity index (χ2v) is 7.67. The lowest BCUT2D eigenvalue weighted by atomic mass is 9.91. The van der Waals surface area contributed by atoms with E-state index < -0.39 is 0 Å². The van der Waals surface area contributed by atoms with Crippen LogP contribution in [0.1, 0.15) is 30.7 Å². The van der Waals surface area contributed by atoms with Gasteiger partial charge in [-0.1, -0.05) is 50.2 Å². The van der Waals surface area contributed by atoms with Crippen molar-refractivity contribution in [1.82, 2.24) is 16.0 Å². The molecule has 0 aliphatic rings. The Morgan fingerprint density at radius 3 is 2.44 bits per heavy atom. The second kappa shape index (κ2) is 12.0. The van der Waals surface area contributed by atoms with E-state index in [1.54, 1.807) is 18.4 Å². The number of amides is 1. The fourth-order valence-electron chi connectivity index (χ4n) is 2.46. The quantitative estimate of drug-likeness (QED) is 0.295. The average Bonchev–Trinajstić information content (AvgIpc) is 3.19. The van der Waals surface area contributed by atoms with Gasteiger partial charge in [-0.25, -0.2) is 0 Å². The first kappa shape index (κ1) is 23.4. The number of benzene rings is 1. The molecular weight excluding hydrogens is 471 g/mol. The van der Waals surface area contributed by atoms with Gasteiger partial charge in [0.1, 0.15) is 0 Å². The summed E-state index contributed by atoms with van der Waals surface area (Å²) >= 11 is 1.76. The van der Waals surface area contributed by atoms with Gasteiger partial charge in [-0.2, -0.15) is 0 Å². The van der Waals surface area contributed by atoms with Crippen LogP contribution in [0, 0.1) is 0 Å². The third-order valence-electron chi connectivity index (χ3n) is 4.09. The van der Waals surface area contributed by atoms with Crippen LogP contribution >= 0.6 is 35.3 Å². The minimum atomic E-state index is 0. The smallest absolute Gasteiger partial charge is 0.222 e. The number of halogens is 1. The number of hydrogen-bond acceptors (Lipinski definition) is 3. The number of carbonyl (C=O) groups excluding carboxylic acids is 1. The van der Waals surface area contributed by atoms with Crippen molar-refractivity contribution < 1.29 is 4.79 Å². The van der Waals surface area contributed by atoms with Crippen molar-refractivity contribution in [2.45, 2.75) is 32.2 Å². The van der Waals surface area contributed by atoms with Gasteiger partial charge in [0, 0.05) is 43.4 Å². The molecule has 0 spiro atoms. The number of thiophene rings is 1. The zero-order valence-electron chi connectivity index (χ0n) is 16.1. The highest BCUT2D eigenvalue weighted by molar-refractivity contribution is 14.0. The first-order chi connectivity index (χ1) is 12.5. The molecule has 1 amide bonds. The van der Waals surface area contributed by atoms with Crippen LogP contribution in [-0.2, 0) is 16.8 Å². The van der Waals surface area contributed by atoms with Crippen molar-refractivity contribution in [3.63, 3.8) is 0 Å². The van der Waals surface area contributed by atoms with E-state index in [1.807, 2.05) is 30.3 Å². The molecule has 0 unspecified atom stereocenters. The molecule has 0 bridgehead atoms. The lowest BCUT2D eigenvalue weighted by Gasteiger charge is -2.25. The van der Waals surface area contributed by atoms with Crippen LogP contribution in [0.3, 0.4) is 0 Å². The molecular formula is C20H29IN4OS. The predicted octanol–water partition coefficient (Wildman–Crippen LogP) is 3.52. The molecule has 148 valence electrons. The molecule has 0 atom stereocenters. The average molecular weight is 500 g/mol. The number of nitrogens with one attached hydrogen (secondary N) is 3. The minimum absolute atomic E-state index is 0. The minimum Gasteiger partial charge on any atom is -0.356 e. The molecule has 0 aliphatic heterocycles. The Kier molecular flexibility index (Phi) is 10.4. The van der Waals surface area contributed by atoms with Gasteiger partial charge < -0.3 is 16.0 Å². The molecule has 2 aromatic rings. The van der Waals surface area contributed by atoms with Gasteiger partial charge >= 0.3 is 0 Å². The molecule has 2 rings (SSSR count). The zero-order valence-corrected chi connectivity index (χ0v) is 19.3. The normalized spacial score (nSPS) is 11.4. The topological polar surface area (TPSA) is 65.5 Å². The van der Waals surface area contributed by atoms with Crippen LogP contribution in [0.5, 0.6) is 0 Å². The molecule has 27 heavy (non-hydrogen) atoms. The van der Waals surface area contributed by atoms with E-state index in [0.29, 0.717) is 25.5 Å². The lowest BCUT2D eigenvalue weighted by Crippen LogP contribution is -2.44. The largest absolute Gasteiger partial charge is 0.356 e. The van der Waals surface area contributed by atoms with Crippen LogP contribution < -0.4 is 16.0 Å². The van der Waals surface area contributed by atoms with Gasteiger partial charge in [-0.15, -0.1) is 35.3 Å². The summed E-state index contributed by atoms with van der Waals surface area (Å²) in [7, 11) is 1.74. The molecule has 1 aromatic heterocycles. The molecule has 0 aliphatic carbocycles. The Hall–Kier alpha value is -1.61. The maximum atomic E-state index is 11.9. The summed E-state index contributed by atoms with van der Waals surface area (Å²) in [5, 5.41) is 11.6. The Bertz CT molecular complexity index is 702. The van der Waals surface area contributed by atoms with Crippen molar-refractivity contribution in [1.29, 1.82) is 0 Å². The summed E-state index contributed by atoms with van der Waals surface area (Å²) in [6, 6.07) is 14.1.